The summed E-state index contributed by atoms with van der Waals surface area (Å²) in [6.45, 7) is 0.668. The van der Waals surface area contributed by atoms with Crippen molar-refractivity contribution in [3.05, 3.63) is 54.1 Å². The number of hydrogen-bond donors (Lipinski definition) is 2. The molecule has 22 heavy (non-hydrogen) atoms. The zero-order valence-electron chi connectivity index (χ0n) is 12.8. The minimum atomic E-state index is -0.215. The van der Waals surface area contributed by atoms with Crippen molar-refractivity contribution >= 4 is 11.6 Å². The molecule has 1 amide bonds. The normalized spacial score (nSPS) is 10.1. The molecule has 2 rings (SSSR count). The lowest BCUT2D eigenvalue weighted by Crippen LogP contribution is -2.20. The van der Waals surface area contributed by atoms with Crippen LogP contribution in [0.2, 0.25) is 0 Å². The van der Waals surface area contributed by atoms with Crippen molar-refractivity contribution in [1.29, 1.82) is 0 Å². The fourth-order valence-corrected chi connectivity index (χ4v) is 2.01. The SMILES string of the molecule is CNCc1ccc(OCC(=O)Nc2ccccc2)c(OC)c1. The number of nitrogens with one attached hydrogen (secondary N) is 2. The molecule has 0 spiro atoms. The Kier molecular flexibility index (Phi) is 5.80. The van der Waals surface area contributed by atoms with Crippen LogP contribution in [0.25, 0.3) is 0 Å². The smallest absolute Gasteiger partial charge is 0.262 e. The van der Waals surface area contributed by atoms with Gasteiger partial charge in [0.2, 0.25) is 0 Å². The van der Waals surface area contributed by atoms with Crippen LogP contribution in [0.4, 0.5) is 5.69 Å². The molecule has 0 aliphatic rings. The molecule has 2 N–H and O–H groups in total. The largest absolute Gasteiger partial charge is 0.493 e. The zero-order chi connectivity index (χ0) is 15.8. The van der Waals surface area contributed by atoms with Crippen molar-refractivity contribution in [2.45, 2.75) is 6.54 Å². The van der Waals surface area contributed by atoms with E-state index in [9.17, 15) is 4.79 Å². The molecule has 2 aromatic carbocycles. The van der Waals surface area contributed by atoms with Gasteiger partial charge in [0.15, 0.2) is 18.1 Å². The number of carbonyl (C=O) groups is 1. The highest BCUT2D eigenvalue weighted by molar-refractivity contribution is 5.91. The van der Waals surface area contributed by atoms with Gasteiger partial charge in [0.05, 0.1) is 7.11 Å². The molecule has 116 valence electrons. The number of carbonyl (C=O) groups excluding carboxylic acids is 1. The monoisotopic (exact) mass is 300 g/mol. The average molecular weight is 300 g/mol. The molecule has 0 aliphatic heterocycles. The van der Waals surface area contributed by atoms with Gasteiger partial charge >= 0.3 is 0 Å². The van der Waals surface area contributed by atoms with Gasteiger partial charge in [-0.1, -0.05) is 24.3 Å². The van der Waals surface area contributed by atoms with Gasteiger partial charge in [-0.2, -0.15) is 0 Å². The fourth-order valence-electron chi connectivity index (χ4n) is 2.01. The van der Waals surface area contributed by atoms with Crippen LogP contribution in [0.15, 0.2) is 48.5 Å². The summed E-state index contributed by atoms with van der Waals surface area (Å²) in [5.74, 6) is 0.943. The van der Waals surface area contributed by atoms with E-state index in [0.717, 1.165) is 17.8 Å². The van der Waals surface area contributed by atoms with Gasteiger partial charge in [-0.05, 0) is 36.9 Å². The Morgan fingerprint density at radius 3 is 2.55 bits per heavy atom. The van der Waals surface area contributed by atoms with Crippen molar-refractivity contribution in [2.75, 3.05) is 26.1 Å². The van der Waals surface area contributed by atoms with Crippen molar-refractivity contribution < 1.29 is 14.3 Å². The summed E-state index contributed by atoms with van der Waals surface area (Å²) in [7, 11) is 3.46. The summed E-state index contributed by atoms with van der Waals surface area (Å²) in [5, 5.41) is 5.84. The van der Waals surface area contributed by atoms with Crippen molar-refractivity contribution in [2.24, 2.45) is 0 Å². The Hall–Kier alpha value is -2.53. The van der Waals surface area contributed by atoms with Crippen LogP contribution in [-0.4, -0.2) is 26.7 Å². The topological polar surface area (TPSA) is 59.6 Å². The van der Waals surface area contributed by atoms with E-state index in [1.165, 1.54) is 0 Å². The maximum Gasteiger partial charge on any atom is 0.262 e. The standard InChI is InChI=1S/C17H20N2O3/c1-18-11-13-8-9-15(16(10-13)21-2)22-12-17(20)19-14-6-4-3-5-7-14/h3-10,18H,11-12H2,1-2H3,(H,19,20). The molecule has 0 aromatic heterocycles. The number of anilines is 1. The van der Waals surface area contributed by atoms with Crippen LogP contribution in [0.5, 0.6) is 11.5 Å². The van der Waals surface area contributed by atoms with E-state index in [2.05, 4.69) is 10.6 Å². The number of rotatable bonds is 7. The first-order valence-corrected chi connectivity index (χ1v) is 7.02. The molecule has 0 bridgehead atoms. The molecule has 0 heterocycles. The molecule has 5 heteroatoms. The third-order valence-corrected chi connectivity index (χ3v) is 3.03. The predicted molar refractivity (Wildman–Crippen MR) is 86.3 cm³/mol. The van der Waals surface area contributed by atoms with Crippen LogP contribution in [0.3, 0.4) is 0 Å². The minimum absolute atomic E-state index is 0.0728. The number of benzene rings is 2. The van der Waals surface area contributed by atoms with Gasteiger partial charge in [-0.15, -0.1) is 0 Å². The maximum absolute atomic E-state index is 11.9. The Labute approximate surface area is 130 Å². The number of hydrogen-bond acceptors (Lipinski definition) is 4. The molecular weight excluding hydrogens is 280 g/mol. The van der Waals surface area contributed by atoms with Crippen molar-refractivity contribution in [1.82, 2.24) is 5.32 Å². The summed E-state index contributed by atoms with van der Waals surface area (Å²) in [4.78, 5) is 11.9. The molecule has 0 saturated heterocycles. The van der Waals surface area contributed by atoms with E-state index in [-0.39, 0.29) is 12.5 Å². The van der Waals surface area contributed by atoms with Gasteiger partial charge in [0, 0.05) is 12.2 Å². The Balaban J connectivity index is 1.94. The van der Waals surface area contributed by atoms with Crippen molar-refractivity contribution in [3.8, 4) is 11.5 Å². The van der Waals surface area contributed by atoms with Gasteiger partial charge in [-0.3, -0.25) is 4.79 Å². The first kappa shape index (κ1) is 15.9. The number of ether oxygens (including phenoxy) is 2. The first-order chi connectivity index (χ1) is 10.7. The second-order valence-corrected chi connectivity index (χ2v) is 4.72. The molecule has 0 radical (unpaired) electrons. The second kappa shape index (κ2) is 8.05. The third-order valence-electron chi connectivity index (χ3n) is 3.03. The average Bonchev–Trinajstić information content (AvgIpc) is 2.54. The quantitative estimate of drug-likeness (QED) is 0.824. The maximum atomic E-state index is 11.9. The lowest BCUT2D eigenvalue weighted by atomic mass is 10.2. The molecule has 0 atom stereocenters. The van der Waals surface area contributed by atoms with Gasteiger partial charge < -0.3 is 20.1 Å². The second-order valence-electron chi connectivity index (χ2n) is 4.72. The Morgan fingerprint density at radius 1 is 1.09 bits per heavy atom. The lowest BCUT2D eigenvalue weighted by molar-refractivity contribution is -0.118. The van der Waals surface area contributed by atoms with E-state index in [0.29, 0.717) is 11.5 Å². The fraction of sp³-hybridized carbons (Fsp3) is 0.235. The van der Waals surface area contributed by atoms with Crippen LogP contribution in [0.1, 0.15) is 5.56 Å². The Bertz CT molecular complexity index is 615. The van der Waals surface area contributed by atoms with Gasteiger partial charge in [-0.25, -0.2) is 0 Å². The van der Waals surface area contributed by atoms with Crippen LogP contribution in [0, 0.1) is 0 Å². The summed E-state index contributed by atoms with van der Waals surface area (Å²) < 4.78 is 10.8. The van der Waals surface area contributed by atoms with E-state index >= 15 is 0 Å². The summed E-state index contributed by atoms with van der Waals surface area (Å²) in [6.07, 6.45) is 0. The molecule has 0 saturated carbocycles. The summed E-state index contributed by atoms with van der Waals surface area (Å²) in [5.41, 5.74) is 1.83. The van der Waals surface area contributed by atoms with E-state index in [4.69, 9.17) is 9.47 Å². The molecule has 2 aromatic rings. The molecular formula is C17H20N2O3. The Morgan fingerprint density at radius 2 is 1.86 bits per heavy atom. The summed E-state index contributed by atoms with van der Waals surface area (Å²) in [6, 6.07) is 14.9. The predicted octanol–water partition coefficient (Wildman–Crippen LogP) is 2.43. The highest BCUT2D eigenvalue weighted by atomic mass is 16.5. The van der Waals surface area contributed by atoms with E-state index < -0.39 is 0 Å². The van der Waals surface area contributed by atoms with Gasteiger partial charge in [0.25, 0.3) is 5.91 Å². The lowest BCUT2D eigenvalue weighted by Gasteiger charge is -2.12. The zero-order valence-corrected chi connectivity index (χ0v) is 12.8. The van der Waals surface area contributed by atoms with Crippen LogP contribution in [-0.2, 0) is 11.3 Å². The van der Waals surface area contributed by atoms with Crippen LogP contribution < -0.4 is 20.1 Å². The highest BCUT2D eigenvalue weighted by Gasteiger charge is 2.08. The minimum Gasteiger partial charge on any atom is -0.493 e. The van der Waals surface area contributed by atoms with Gasteiger partial charge in [0.1, 0.15) is 0 Å². The van der Waals surface area contributed by atoms with E-state index in [1.807, 2.05) is 49.5 Å². The van der Waals surface area contributed by atoms with E-state index in [1.54, 1.807) is 13.2 Å². The molecule has 0 aliphatic carbocycles. The van der Waals surface area contributed by atoms with Crippen LogP contribution >= 0.6 is 0 Å². The number of amides is 1. The third kappa shape index (κ3) is 4.49. The first-order valence-electron chi connectivity index (χ1n) is 7.02. The highest BCUT2D eigenvalue weighted by Crippen LogP contribution is 2.28. The number of methoxy groups -OCH3 is 1. The van der Waals surface area contributed by atoms with Crippen molar-refractivity contribution in [3.63, 3.8) is 0 Å². The number of para-hydroxylation sites is 1. The molecule has 5 nitrogen and oxygen atoms in total. The summed E-state index contributed by atoms with van der Waals surface area (Å²) >= 11 is 0. The molecule has 0 unspecified atom stereocenters. The molecule has 0 fully saturated rings.